The number of furan rings is 1. The maximum atomic E-state index is 12.4. The topological polar surface area (TPSA) is 71.3 Å². The highest BCUT2D eigenvalue weighted by Crippen LogP contribution is 2.30. The van der Waals surface area contributed by atoms with Crippen molar-refractivity contribution < 1.29 is 12.8 Å². The standard InChI is InChI=1S/C12H11Br2ClN2O3S/c1-16-6-8-5-11(12(14)20-8)21(18,19)17-7-2-3-10(15)9(13)4-7/h2-5,16-17H,6H2,1H3. The summed E-state index contributed by atoms with van der Waals surface area (Å²) in [5.41, 5.74) is 0.398. The molecule has 0 saturated carbocycles. The molecule has 0 amide bonds. The van der Waals surface area contributed by atoms with Gasteiger partial charge in [-0.15, -0.1) is 0 Å². The number of halogens is 3. The van der Waals surface area contributed by atoms with Crippen molar-refractivity contribution in [3.63, 3.8) is 0 Å². The molecule has 9 heteroatoms. The maximum absolute atomic E-state index is 12.4. The van der Waals surface area contributed by atoms with Gasteiger partial charge in [0.25, 0.3) is 10.0 Å². The van der Waals surface area contributed by atoms with Crippen LogP contribution in [0.2, 0.25) is 5.02 Å². The fraction of sp³-hybridized carbons (Fsp3) is 0.167. The van der Waals surface area contributed by atoms with E-state index in [1.165, 1.54) is 6.07 Å². The van der Waals surface area contributed by atoms with Crippen molar-refractivity contribution in [2.75, 3.05) is 11.8 Å². The van der Waals surface area contributed by atoms with E-state index in [-0.39, 0.29) is 9.56 Å². The van der Waals surface area contributed by atoms with E-state index in [0.717, 1.165) is 0 Å². The summed E-state index contributed by atoms with van der Waals surface area (Å²) in [4.78, 5) is 0.0406. The predicted molar refractivity (Wildman–Crippen MR) is 89.1 cm³/mol. The van der Waals surface area contributed by atoms with Crippen molar-refractivity contribution in [1.82, 2.24) is 5.32 Å². The lowest BCUT2D eigenvalue weighted by Crippen LogP contribution is -2.12. The van der Waals surface area contributed by atoms with Gasteiger partial charge in [0.2, 0.25) is 0 Å². The lowest BCUT2D eigenvalue weighted by Gasteiger charge is -2.07. The number of hydrogen-bond acceptors (Lipinski definition) is 4. The molecule has 21 heavy (non-hydrogen) atoms. The molecule has 0 radical (unpaired) electrons. The number of sulfonamides is 1. The summed E-state index contributed by atoms with van der Waals surface area (Å²) in [6, 6.07) is 6.23. The van der Waals surface area contributed by atoms with Gasteiger partial charge >= 0.3 is 0 Å². The molecule has 0 saturated heterocycles. The van der Waals surface area contributed by atoms with E-state index in [2.05, 4.69) is 41.9 Å². The van der Waals surface area contributed by atoms with Crippen molar-refractivity contribution in [1.29, 1.82) is 0 Å². The zero-order chi connectivity index (χ0) is 15.6. The quantitative estimate of drug-likeness (QED) is 0.711. The van der Waals surface area contributed by atoms with Gasteiger partial charge in [-0.3, -0.25) is 4.72 Å². The first-order valence-electron chi connectivity index (χ1n) is 5.74. The van der Waals surface area contributed by atoms with Crippen molar-refractivity contribution in [3.05, 3.63) is 44.2 Å². The molecule has 0 aliphatic carbocycles. The molecular weight excluding hydrogens is 447 g/mol. The van der Waals surface area contributed by atoms with Crippen molar-refractivity contribution in [3.8, 4) is 0 Å². The molecule has 0 spiro atoms. The Bertz CT molecular complexity index is 762. The van der Waals surface area contributed by atoms with Crippen LogP contribution in [-0.2, 0) is 16.6 Å². The van der Waals surface area contributed by atoms with Gasteiger partial charge in [0.05, 0.1) is 17.3 Å². The van der Waals surface area contributed by atoms with Crippen LogP contribution in [0.3, 0.4) is 0 Å². The largest absolute Gasteiger partial charge is 0.451 e. The monoisotopic (exact) mass is 456 g/mol. The Kier molecular flexibility index (Phi) is 5.37. The maximum Gasteiger partial charge on any atom is 0.266 e. The minimum atomic E-state index is -3.75. The van der Waals surface area contributed by atoms with Crippen LogP contribution < -0.4 is 10.0 Å². The Morgan fingerprint density at radius 3 is 2.62 bits per heavy atom. The van der Waals surface area contributed by atoms with Gasteiger partial charge in [0.1, 0.15) is 10.7 Å². The Labute approximate surface area is 144 Å². The fourth-order valence-corrected chi connectivity index (χ4v) is 4.16. The number of rotatable bonds is 5. The minimum Gasteiger partial charge on any atom is -0.451 e. The van der Waals surface area contributed by atoms with Gasteiger partial charge in [-0.05, 0) is 57.1 Å². The second-order valence-electron chi connectivity index (χ2n) is 4.12. The SMILES string of the molecule is CNCc1cc(S(=O)(=O)Nc2ccc(Cl)c(Br)c2)c(Br)o1. The number of benzene rings is 1. The third kappa shape index (κ3) is 4.01. The molecule has 2 aromatic rings. The summed E-state index contributed by atoms with van der Waals surface area (Å²) >= 11 is 12.2. The molecule has 0 fully saturated rings. The lowest BCUT2D eigenvalue weighted by molar-refractivity contribution is 0.470. The van der Waals surface area contributed by atoms with E-state index in [1.807, 2.05) is 0 Å². The van der Waals surface area contributed by atoms with Crippen LogP contribution in [0, 0.1) is 0 Å². The molecular formula is C12H11Br2ClN2O3S. The van der Waals surface area contributed by atoms with Crippen LogP contribution in [0.15, 0.2) is 42.7 Å². The molecule has 1 aromatic carbocycles. The van der Waals surface area contributed by atoms with E-state index in [4.69, 9.17) is 16.0 Å². The van der Waals surface area contributed by atoms with Gasteiger partial charge in [-0.2, -0.15) is 0 Å². The van der Waals surface area contributed by atoms with Crippen LogP contribution in [0.1, 0.15) is 5.76 Å². The van der Waals surface area contributed by atoms with Crippen molar-refractivity contribution in [2.45, 2.75) is 11.4 Å². The van der Waals surface area contributed by atoms with Crippen LogP contribution in [-0.4, -0.2) is 15.5 Å². The Balaban J connectivity index is 2.31. The zero-order valence-corrected chi connectivity index (χ0v) is 15.5. The van der Waals surface area contributed by atoms with Crippen LogP contribution >= 0.6 is 43.5 Å². The summed E-state index contributed by atoms with van der Waals surface area (Å²) < 4.78 is 33.3. The Morgan fingerprint density at radius 2 is 2.00 bits per heavy atom. The van der Waals surface area contributed by atoms with Crippen LogP contribution in [0.5, 0.6) is 0 Å². The molecule has 5 nitrogen and oxygen atoms in total. The smallest absolute Gasteiger partial charge is 0.266 e. The lowest BCUT2D eigenvalue weighted by atomic mass is 10.3. The first-order chi connectivity index (χ1) is 9.83. The number of nitrogens with one attached hydrogen (secondary N) is 2. The average molecular weight is 459 g/mol. The zero-order valence-electron chi connectivity index (χ0n) is 10.8. The molecule has 0 aliphatic rings. The highest BCUT2D eigenvalue weighted by molar-refractivity contribution is 9.10. The van der Waals surface area contributed by atoms with E-state index < -0.39 is 10.0 Å². The Hall–Kier alpha value is -0.540. The number of anilines is 1. The highest BCUT2D eigenvalue weighted by Gasteiger charge is 2.22. The molecule has 0 unspecified atom stereocenters. The van der Waals surface area contributed by atoms with Crippen molar-refractivity contribution in [2.24, 2.45) is 0 Å². The summed E-state index contributed by atoms with van der Waals surface area (Å²) in [6.45, 7) is 0.431. The van der Waals surface area contributed by atoms with Gasteiger partial charge in [-0.25, -0.2) is 8.42 Å². The molecule has 0 aliphatic heterocycles. The molecule has 1 aromatic heterocycles. The fourth-order valence-electron chi connectivity index (χ4n) is 1.61. The van der Waals surface area contributed by atoms with Gasteiger partial charge < -0.3 is 9.73 Å². The molecule has 1 heterocycles. The molecule has 0 bridgehead atoms. The minimum absolute atomic E-state index is 0.0406. The molecule has 0 atom stereocenters. The molecule has 2 N–H and O–H groups in total. The van der Waals surface area contributed by atoms with E-state index in [1.54, 1.807) is 25.2 Å². The first-order valence-corrected chi connectivity index (χ1v) is 9.19. The number of hydrogen-bond donors (Lipinski definition) is 2. The van der Waals surface area contributed by atoms with Crippen LogP contribution in [0.4, 0.5) is 5.69 Å². The molecule has 114 valence electrons. The third-order valence-electron chi connectivity index (χ3n) is 2.52. The van der Waals surface area contributed by atoms with Crippen molar-refractivity contribution >= 4 is 59.2 Å². The average Bonchev–Trinajstić information content (AvgIpc) is 2.76. The first kappa shape index (κ1) is 16.8. The van der Waals surface area contributed by atoms with Crippen LogP contribution in [0.25, 0.3) is 0 Å². The second-order valence-corrected chi connectivity index (χ2v) is 7.75. The third-order valence-corrected chi connectivity index (χ3v) is 5.97. The Morgan fingerprint density at radius 1 is 1.29 bits per heavy atom. The van der Waals surface area contributed by atoms with Gasteiger partial charge in [0.15, 0.2) is 4.67 Å². The summed E-state index contributed by atoms with van der Waals surface area (Å²) in [7, 11) is -2.01. The summed E-state index contributed by atoms with van der Waals surface area (Å²) in [6.07, 6.45) is 0. The van der Waals surface area contributed by atoms with Gasteiger partial charge in [0, 0.05) is 10.5 Å². The van der Waals surface area contributed by atoms with E-state index in [0.29, 0.717) is 27.5 Å². The highest BCUT2D eigenvalue weighted by atomic mass is 79.9. The van der Waals surface area contributed by atoms with E-state index >= 15 is 0 Å². The summed E-state index contributed by atoms with van der Waals surface area (Å²) in [5.74, 6) is 0.516. The summed E-state index contributed by atoms with van der Waals surface area (Å²) in [5, 5.41) is 3.39. The van der Waals surface area contributed by atoms with E-state index in [9.17, 15) is 8.42 Å². The normalized spacial score (nSPS) is 11.6. The predicted octanol–water partition coefficient (Wildman–Crippen LogP) is 3.98. The molecule has 2 rings (SSSR count). The second kappa shape index (κ2) is 6.70. The van der Waals surface area contributed by atoms with Gasteiger partial charge in [-0.1, -0.05) is 11.6 Å².